The highest BCUT2D eigenvalue weighted by molar-refractivity contribution is 8.14. The first-order valence-corrected chi connectivity index (χ1v) is 11.9. The SMILES string of the molecule is CC1CSC(N(C(=O)C2CC(=O)N(c3ccc4c(c3)OCCO4)C2)c2ccc(Cl)cc2)=N1. The lowest BCUT2D eigenvalue weighted by Gasteiger charge is -2.25. The first-order valence-electron chi connectivity index (χ1n) is 10.5. The summed E-state index contributed by atoms with van der Waals surface area (Å²) in [5, 5.41) is 1.26. The Morgan fingerprint density at radius 2 is 1.91 bits per heavy atom. The molecule has 0 aromatic heterocycles. The van der Waals surface area contributed by atoms with E-state index in [-0.39, 0.29) is 24.3 Å². The van der Waals surface area contributed by atoms with Gasteiger partial charge >= 0.3 is 0 Å². The Hall–Kier alpha value is -2.71. The molecule has 3 aliphatic rings. The number of anilines is 2. The lowest BCUT2D eigenvalue weighted by molar-refractivity contribution is -0.123. The van der Waals surface area contributed by atoms with Gasteiger partial charge in [0.1, 0.15) is 13.2 Å². The van der Waals surface area contributed by atoms with Gasteiger partial charge in [0.15, 0.2) is 16.7 Å². The Balaban J connectivity index is 1.40. The summed E-state index contributed by atoms with van der Waals surface area (Å²) in [6.07, 6.45) is 0.144. The molecule has 3 aliphatic heterocycles. The van der Waals surface area contributed by atoms with E-state index >= 15 is 0 Å². The fourth-order valence-electron chi connectivity index (χ4n) is 4.01. The van der Waals surface area contributed by atoms with Crippen LogP contribution in [0.2, 0.25) is 5.02 Å². The van der Waals surface area contributed by atoms with Crippen LogP contribution in [0.5, 0.6) is 11.5 Å². The summed E-state index contributed by atoms with van der Waals surface area (Å²) in [7, 11) is 0. The molecular formula is C23H22ClN3O4S. The van der Waals surface area contributed by atoms with Crippen LogP contribution in [0.25, 0.3) is 0 Å². The van der Waals surface area contributed by atoms with Gasteiger partial charge in [0.2, 0.25) is 11.8 Å². The summed E-state index contributed by atoms with van der Waals surface area (Å²) in [6.45, 7) is 3.30. The van der Waals surface area contributed by atoms with Crippen LogP contribution < -0.4 is 19.3 Å². The zero-order valence-corrected chi connectivity index (χ0v) is 19.1. The zero-order valence-electron chi connectivity index (χ0n) is 17.5. The van der Waals surface area contributed by atoms with Crippen molar-refractivity contribution in [1.82, 2.24) is 0 Å². The molecule has 2 amide bonds. The predicted octanol–water partition coefficient (Wildman–Crippen LogP) is 3.99. The van der Waals surface area contributed by atoms with E-state index < -0.39 is 5.92 Å². The van der Waals surface area contributed by atoms with Crippen molar-refractivity contribution in [2.45, 2.75) is 19.4 Å². The number of nitrogens with zero attached hydrogens (tertiary/aromatic N) is 3. The van der Waals surface area contributed by atoms with Gasteiger partial charge in [0, 0.05) is 35.5 Å². The molecule has 3 heterocycles. The summed E-state index contributed by atoms with van der Waals surface area (Å²) >= 11 is 7.60. The number of ether oxygens (including phenoxy) is 2. The number of carbonyl (C=O) groups excluding carboxylic acids is 2. The van der Waals surface area contributed by atoms with Crippen LogP contribution in [0, 0.1) is 5.92 Å². The highest BCUT2D eigenvalue weighted by Crippen LogP contribution is 2.37. The number of amidine groups is 1. The number of benzene rings is 2. The van der Waals surface area contributed by atoms with Gasteiger partial charge in [-0.2, -0.15) is 0 Å². The Bertz CT molecular complexity index is 1090. The van der Waals surface area contributed by atoms with Gasteiger partial charge in [-0.15, -0.1) is 0 Å². The number of aliphatic imine (C=N–C) groups is 1. The van der Waals surface area contributed by atoms with Crippen molar-refractivity contribution < 1.29 is 19.1 Å². The second-order valence-electron chi connectivity index (χ2n) is 7.96. The van der Waals surface area contributed by atoms with Crippen LogP contribution in [-0.4, -0.2) is 48.5 Å². The first-order chi connectivity index (χ1) is 15.5. The minimum absolute atomic E-state index is 0.0922. The van der Waals surface area contributed by atoms with Gasteiger partial charge in [-0.3, -0.25) is 19.5 Å². The molecule has 2 aromatic rings. The highest BCUT2D eigenvalue weighted by atomic mass is 35.5. The number of thioether (sulfide) groups is 1. The van der Waals surface area contributed by atoms with Crippen LogP contribution in [0.1, 0.15) is 13.3 Å². The van der Waals surface area contributed by atoms with Crippen LogP contribution in [0.3, 0.4) is 0 Å². The van der Waals surface area contributed by atoms with Gasteiger partial charge in [0.25, 0.3) is 0 Å². The number of rotatable bonds is 3. The van der Waals surface area contributed by atoms with Crippen molar-refractivity contribution in [3.8, 4) is 11.5 Å². The monoisotopic (exact) mass is 471 g/mol. The molecule has 0 radical (unpaired) electrons. The Morgan fingerprint density at radius 1 is 1.16 bits per heavy atom. The molecule has 2 atom stereocenters. The second kappa shape index (κ2) is 8.67. The summed E-state index contributed by atoms with van der Waals surface area (Å²) in [4.78, 5) is 34.4. The Morgan fingerprint density at radius 3 is 2.62 bits per heavy atom. The quantitative estimate of drug-likeness (QED) is 0.677. The molecule has 1 saturated heterocycles. The Labute approximate surface area is 195 Å². The molecule has 7 nitrogen and oxygen atoms in total. The smallest absolute Gasteiger partial charge is 0.238 e. The van der Waals surface area contributed by atoms with Crippen molar-refractivity contribution in [2.75, 3.05) is 35.3 Å². The van der Waals surface area contributed by atoms with Crippen molar-refractivity contribution in [3.63, 3.8) is 0 Å². The minimum atomic E-state index is -0.481. The maximum Gasteiger partial charge on any atom is 0.238 e. The molecule has 0 saturated carbocycles. The molecule has 9 heteroatoms. The van der Waals surface area contributed by atoms with E-state index in [0.29, 0.717) is 52.8 Å². The molecule has 0 bridgehead atoms. The lowest BCUT2D eigenvalue weighted by atomic mass is 10.1. The average Bonchev–Trinajstić information content (AvgIpc) is 3.40. The van der Waals surface area contributed by atoms with Gasteiger partial charge < -0.3 is 14.4 Å². The third-order valence-electron chi connectivity index (χ3n) is 5.59. The molecule has 166 valence electrons. The topological polar surface area (TPSA) is 71.4 Å². The Kier molecular flexibility index (Phi) is 5.73. The van der Waals surface area contributed by atoms with E-state index in [1.807, 2.05) is 25.1 Å². The molecule has 2 aromatic carbocycles. The van der Waals surface area contributed by atoms with E-state index in [0.717, 1.165) is 5.75 Å². The molecule has 32 heavy (non-hydrogen) atoms. The third kappa shape index (κ3) is 4.04. The standard InChI is InChI=1S/C23H22ClN3O4S/c1-14-13-32-23(25-14)27(17-4-2-16(24)3-5-17)22(29)15-10-21(28)26(12-15)18-6-7-19-20(11-18)31-9-8-30-19/h2-7,11,14-15H,8-10,12-13H2,1H3. The molecule has 0 aliphatic carbocycles. The van der Waals surface area contributed by atoms with E-state index in [1.54, 1.807) is 45.8 Å². The van der Waals surface area contributed by atoms with Crippen LogP contribution in [0.15, 0.2) is 47.5 Å². The highest BCUT2D eigenvalue weighted by Gasteiger charge is 2.40. The van der Waals surface area contributed by atoms with E-state index in [2.05, 4.69) is 4.99 Å². The van der Waals surface area contributed by atoms with Crippen LogP contribution >= 0.6 is 23.4 Å². The number of amides is 2. The maximum absolute atomic E-state index is 13.7. The molecular weight excluding hydrogens is 450 g/mol. The predicted molar refractivity (Wildman–Crippen MR) is 126 cm³/mol. The molecule has 0 spiro atoms. The fraction of sp³-hybridized carbons (Fsp3) is 0.348. The van der Waals surface area contributed by atoms with Gasteiger partial charge in [-0.05, 0) is 43.3 Å². The van der Waals surface area contributed by atoms with E-state index in [4.69, 9.17) is 21.1 Å². The van der Waals surface area contributed by atoms with Gasteiger partial charge in [0.05, 0.1) is 17.6 Å². The zero-order chi connectivity index (χ0) is 22.2. The number of fused-ring (bicyclic) bond motifs is 1. The van der Waals surface area contributed by atoms with E-state index in [9.17, 15) is 9.59 Å². The minimum Gasteiger partial charge on any atom is -0.486 e. The van der Waals surface area contributed by atoms with E-state index in [1.165, 1.54) is 0 Å². The molecule has 1 fully saturated rings. The van der Waals surface area contributed by atoms with Crippen LogP contribution in [-0.2, 0) is 9.59 Å². The van der Waals surface area contributed by atoms with Crippen molar-refractivity contribution in [3.05, 3.63) is 47.5 Å². The maximum atomic E-state index is 13.7. The van der Waals surface area contributed by atoms with Gasteiger partial charge in [-0.25, -0.2) is 0 Å². The number of hydrogen-bond acceptors (Lipinski definition) is 6. The van der Waals surface area contributed by atoms with Gasteiger partial charge in [-0.1, -0.05) is 23.4 Å². The van der Waals surface area contributed by atoms with Crippen LogP contribution in [0.4, 0.5) is 11.4 Å². The largest absolute Gasteiger partial charge is 0.486 e. The summed E-state index contributed by atoms with van der Waals surface area (Å²) < 4.78 is 11.2. The third-order valence-corrected chi connectivity index (χ3v) is 7.04. The first kappa shape index (κ1) is 21.2. The second-order valence-corrected chi connectivity index (χ2v) is 9.38. The van der Waals surface area contributed by atoms with Crippen molar-refractivity contribution >= 4 is 51.7 Å². The lowest BCUT2D eigenvalue weighted by Crippen LogP contribution is -2.40. The number of carbonyl (C=O) groups is 2. The normalized spacial score (nSPS) is 22.1. The number of hydrogen-bond donors (Lipinski definition) is 0. The van der Waals surface area contributed by atoms with Crippen molar-refractivity contribution in [2.24, 2.45) is 10.9 Å². The molecule has 2 unspecified atom stereocenters. The molecule has 5 rings (SSSR count). The molecule has 0 N–H and O–H groups in total. The summed E-state index contributed by atoms with van der Waals surface area (Å²) in [6, 6.07) is 12.7. The van der Waals surface area contributed by atoms with Crippen molar-refractivity contribution in [1.29, 1.82) is 0 Å². The summed E-state index contributed by atoms with van der Waals surface area (Å²) in [5.41, 5.74) is 1.40. The average molecular weight is 472 g/mol. The summed E-state index contributed by atoms with van der Waals surface area (Å²) in [5.74, 6) is 1.39. The fourth-order valence-corrected chi connectivity index (χ4v) is 5.18. The number of halogens is 1.